The molecule has 1 aromatic rings. The van der Waals surface area contributed by atoms with Gasteiger partial charge in [-0.3, -0.25) is 4.99 Å². The van der Waals surface area contributed by atoms with Gasteiger partial charge in [0, 0.05) is 38.7 Å². The van der Waals surface area contributed by atoms with E-state index in [1.807, 2.05) is 7.05 Å². The second-order valence-corrected chi connectivity index (χ2v) is 5.33. The fraction of sp³-hybridized carbons (Fsp3) is 0.562. The van der Waals surface area contributed by atoms with Crippen molar-refractivity contribution in [2.45, 2.75) is 19.9 Å². The van der Waals surface area contributed by atoms with E-state index in [2.05, 4.69) is 40.7 Å². The molecule has 0 aliphatic carbocycles. The first-order chi connectivity index (χ1) is 10.2. The maximum Gasteiger partial charge on any atom is 0.190 e. The number of guanidine groups is 1. The van der Waals surface area contributed by atoms with E-state index in [1.54, 1.807) is 7.05 Å². The molecule has 0 aromatic heterocycles. The molecule has 124 valence electrons. The molecule has 1 saturated heterocycles. The lowest BCUT2D eigenvalue weighted by Crippen LogP contribution is -2.34. The van der Waals surface area contributed by atoms with Crippen LogP contribution in [-0.4, -0.2) is 39.9 Å². The largest absolute Gasteiger partial charge is 0.493 e. The molecule has 0 spiro atoms. The first-order valence-corrected chi connectivity index (χ1v) is 7.41. The fourth-order valence-electron chi connectivity index (χ4n) is 2.32. The Balaban J connectivity index is 0.00000242. The summed E-state index contributed by atoms with van der Waals surface area (Å²) in [5.74, 6) is 2.23. The molecule has 1 aromatic carbocycles. The van der Waals surface area contributed by atoms with Crippen molar-refractivity contribution in [3.8, 4) is 5.75 Å². The van der Waals surface area contributed by atoms with Gasteiger partial charge in [-0.15, -0.1) is 24.0 Å². The first-order valence-electron chi connectivity index (χ1n) is 7.41. The predicted molar refractivity (Wildman–Crippen MR) is 100 cm³/mol. The molecule has 1 fully saturated rings. The highest BCUT2D eigenvalue weighted by Gasteiger charge is 2.17. The summed E-state index contributed by atoms with van der Waals surface area (Å²) in [7, 11) is 3.60. The minimum Gasteiger partial charge on any atom is -0.493 e. The van der Waals surface area contributed by atoms with E-state index in [1.165, 1.54) is 5.56 Å². The molecule has 2 rings (SSSR count). The molecular weight excluding hydrogens is 393 g/mol. The number of hydrogen-bond acceptors (Lipinski definition) is 3. The molecule has 1 atom stereocenters. The maximum absolute atomic E-state index is 6.02. The van der Waals surface area contributed by atoms with Crippen molar-refractivity contribution >= 4 is 29.9 Å². The average Bonchev–Trinajstić information content (AvgIpc) is 3.01. The van der Waals surface area contributed by atoms with Crippen molar-refractivity contribution < 1.29 is 9.47 Å². The van der Waals surface area contributed by atoms with Crippen molar-refractivity contribution in [2.75, 3.05) is 33.9 Å². The highest BCUT2D eigenvalue weighted by molar-refractivity contribution is 14.0. The minimum atomic E-state index is 0. The molecule has 1 aliphatic heterocycles. The van der Waals surface area contributed by atoms with Crippen LogP contribution < -0.4 is 15.4 Å². The zero-order valence-electron chi connectivity index (χ0n) is 13.5. The number of aliphatic imine (C=N–C) groups is 1. The summed E-state index contributed by atoms with van der Waals surface area (Å²) in [5.41, 5.74) is 2.34. The molecule has 1 aliphatic rings. The van der Waals surface area contributed by atoms with Crippen molar-refractivity contribution in [1.82, 2.24) is 10.6 Å². The van der Waals surface area contributed by atoms with Crippen LogP contribution in [0.5, 0.6) is 5.75 Å². The highest BCUT2D eigenvalue weighted by Crippen LogP contribution is 2.22. The number of nitrogens with zero attached hydrogens (tertiary/aromatic N) is 1. The van der Waals surface area contributed by atoms with Crippen molar-refractivity contribution in [3.63, 3.8) is 0 Å². The van der Waals surface area contributed by atoms with Crippen LogP contribution >= 0.6 is 24.0 Å². The number of benzene rings is 1. The Morgan fingerprint density at radius 1 is 1.45 bits per heavy atom. The summed E-state index contributed by atoms with van der Waals surface area (Å²) in [6.07, 6.45) is 1.09. The Labute approximate surface area is 149 Å². The Morgan fingerprint density at radius 3 is 2.91 bits per heavy atom. The van der Waals surface area contributed by atoms with Gasteiger partial charge in [-0.25, -0.2) is 0 Å². The first kappa shape index (κ1) is 19.0. The van der Waals surface area contributed by atoms with Crippen LogP contribution in [0.4, 0.5) is 0 Å². The van der Waals surface area contributed by atoms with E-state index in [-0.39, 0.29) is 24.0 Å². The maximum atomic E-state index is 6.02. The third-order valence-electron chi connectivity index (χ3n) is 3.63. The smallest absolute Gasteiger partial charge is 0.190 e. The number of ether oxygens (including phenoxy) is 2. The molecule has 5 nitrogen and oxygen atoms in total. The van der Waals surface area contributed by atoms with Gasteiger partial charge in [-0.05, 0) is 25.0 Å². The zero-order valence-corrected chi connectivity index (χ0v) is 15.8. The number of aryl methyl sites for hydroxylation is 1. The third-order valence-corrected chi connectivity index (χ3v) is 3.63. The Hall–Kier alpha value is -1.02. The normalized spacial score (nSPS) is 17.8. The van der Waals surface area contributed by atoms with Gasteiger partial charge in [0.2, 0.25) is 0 Å². The van der Waals surface area contributed by atoms with Gasteiger partial charge >= 0.3 is 0 Å². The summed E-state index contributed by atoms with van der Waals surface area (Å²) in [6.45, 7) is 5.15. The van der Waals surface area contributed by atoms with Crippen molar-refractivity contribution in [2.24, 2.45) is 10.9 Å². The molecule has 1 heterocycles. The van der Waals surface area contributed by atoms with E-state index in [4.69, 9.17) is 9.47 Å². The molecule has 22 heavy (non-hydrogen) atoms. The average molecular weight is 419 g/mol. The van der Waals surface area contributed by atoms with Crippen LogP contribution in [0.25, 0.3) is 0 Å². The molecule has 2 N–H and O–H groups in total. The number of nitrogens with one attached hydrogen (secondary N) is 2. The Morgan fingerprint density at radius 2 is 2.27 bits per heavy atom. The van der Waals surface area contributed by atoms with Crippen LogP contribution in [0.1, 0.15) is 17.5 Å². The van der Waals surface area contributed by atoms with Crippen LogP contribution in [0, 0.1) is 12.8 Å². The van der Waals surface area contributed by atoms with Gasteiger partial charge in [0.05, 0.1) is 13.2 Å². The summed E-state index contributed by atoms with van der Waals surface area (Å²) in [4.78, 5) is 4.11. The predicted octanol–water partition coefficient (Wildman–Crippen LogP) is 2.32. The lowest BCUT2D eigenvalue weighted by molar-refractivity contribution is 0.166. The van der Waals surface area contributed by atoms with E-state index in [0.717, 1.165) is 43.5 Å². The van der Waals surface area contributed by atoms with Gasteiger partial charge in [0.15, 0.2) is 5.96 Å². The standard InChI is InChI=1S/C16H25N3O2.HI/c1-12-4-5-14(9-19-16(17-2)18-3)15(8-12)21-11-13-6-7-20-10-13;/h4-5,8,13H,6-7,9-11H2,1-3H3,(H2,17,18,19);1H. The van der Waals surface area contributed by atoms with E-state index in [9.17, 15) is 0 Å². The molecule has 0 amide bonds. The zero-order chi connectivity index (χ0) is 15.1. The quantitative estimate of drug-likeness (QED) is 0.437. The number of hydrogen-bond donors (Lipinski definition) is 2. The summed E-state index contributed by atoms with van der Waals surface area (Å²) < 4.78 is 11.4. The molecule has 0 radical (unpaired) electrons. The molecule has 0 bridgehead atoms. The van der Waals surface area contributed by atoms with Crippen LogP contribution in [0.15, 0.2) is 23.2 Å². The topological polar surface area (TPSA) is 54.9 Å². The van der Waals surface area contributed by atoms with Gasteiger partial charge in [-0.1, -0.05) is 12.1 Å². The van der Waals surface area contributed by atoms with Crippen LogP contribution in [0.2, 0.25) is 0 Å². The lowest BCUT2D eigenvalue weighted by atomic mass is 10.1. The van der Waals surface area contributed by atoms with Crippen LogP contribution in [-0.2, 0) is 11.3 Å². The Kier molecular flexibility index (Phi) is 8.55. The Bertz CT molecular complexity index is 488. The summed E-state index contributed by atoms with van der Waals surface area (Å²) in [5, 5.41) is 6.27. The van der Waals surface area contributed by atoms with E-state index in [0.29, 0.717) is 12.5 Å². The lowest BCUT2D eigenvalue weighted by Gasteiger charge is -2.16. The van der Waals surface area contributed by atoms with E-state index < -0.39 is 0 Å². The van der Waals surface area contributed by atoms with Gasteiger partial charge in [-0.2, -0.15) is 0 Å². The van der Waals surface area contributed by atoms with E-state index >= 15 is 0 Å². The fourth-order valence-corrected chi connectivity index (χ4v) is 2.32. The van der Waals surface area contributed by atoms with Gasteiger partial charge in [0.1, 0.15) is 5.75 Å². The molecule has 1 unspecified atom stereocenters. The summed E-state index contributed by atoms with van der Waals surface area (Å²) in [6, 6.07) is 6.30. The van der Waals surface area contributed by atoms with Crippen molar-refractivity contribution in [1.29, 1.82) is 0 Å². The van der Waals surface area contributed by atoms with Crippen molar-refractivity contribution in [3.05, 3.63) is 29.3 Å². The number of halogens is 1. The van der Waals surface area contributed by atoms with Gasteiger partial charge < -0.3 is 20.1 Å². The van der Waals surface area contributed by atoms with Gasteiger partial charge in [0.25, 0.3) is 0 Å². The molecule has 0 saturated carbocycles. The monoisotopic (exact) mass is 419 g/mol. The summed E-state index contributed by atoms with van der Waals surface area (Å²) >= 11 is 0. The highest BCUT2D eigenvalue weighted by atomic mass is 127. The second kappa shape index (κ2) is 9.89. The minimum absolute atomic E-state index is 0. The SMILES string of the molecule is CN=C(NC)NCc1ccc(C)cc1OCC1CCOC1.I. The number of rotatable bonds is 5. The second-order valence-electron chi connectivity index (χ2n) is 5.33. The third kappa shape index (κ3) is 5.64. The van der Waals surface area contributed by atoms with Crippen LogP contribution in [0.3, 0.4) is 0 Å². The molecule has 6 heteroatoms. The molecular formula is C16H26IN3O2.